The number of carboxylic acids is 1. The first-order valence-corrected chi connectivity index (χ1v) is 12.0. The van der Waals surface area contributed by atoms with Crippen LogP contribution in [0.25, 0.3) is 11.5 Å². The number of aliphatic carboxylic acids is 1. The van der Waals surface area contributed by atoms with Crippen molar-refractivity contribution in [2.45, 2.75) is 38.3 Å². The third-order valence-corrected chi connectivity index (χ3v) is 7.24. The third-order valence-electron chi connectivity index (χ3n) is 5.15. The second-order valence-corrected chi connectivity index (χ2v) is 10.1. The number of oxazole rings is 1. The number of hydrogen-bond donors (Lipinski definition) is 1. The lowest BCUT2D eigenvalue weighted by atomic mass is 10.0. The molecule has 0 aliphatic rings. The highest BCUT2D eigenvalue weighted by atomic mass is 35.5. The Morgan fingerprint density at radius 3 is 2.27 bits per heavy atom. The van der Waals surface area contributed by atoms with Crippen molar-refractivity contribution in [1.29, 1.82) is 0 Å². The molecule has 0 radical (unpaired) electrons. The molecule has 3 rings (SSSR count). The molecule has 0 bridgehead atoms. The van der Waals surface area contributed by atoms with Crippen LogP contribution < -0.4 is 4.74 Å². The fraction of sp³-hybridized carbons (Fsp3) is 0.304. The summed E-state index contributed by atoms with van der Waals surface area (Å²) in [6.45, 7) is 4.70. The molecule has 0 fully saturated rings. The highest BCUT2D eigenvalue weighted by molar-refractivity contribution is 7.89. The average molecular weight is 493 g/mol. The highest BCUT2D eigenvalue weighted by Crippen LogP contribution is 2.29. The van der Waals surface area contributed by atoms with Gasteiger partial charge in [0.2, 0.25) is 15.9 Å². The lowest BCUT2D eigenvalue weighted by molar-refractivity contribution is -0.143. The van der Waals surface area contributed by atoms with E-state index in [1.807, 2.05) is 0 Å². The van der Waals surface area contributed by atoms with Crippen molar-refractivity contribution >= 4 is 27.6 Å². The second kappa shape index (κ2) is 9.94. The van der Waals surface area contributed by atoms with E-state index in [1.54, 1.807) is 45.0 Å². The smallest absolute Gasteiger partial charge is 0.322 e. The van der Waals surface area contributed by atoms with E-state index in [0.29, 0.717) is 27.8 Å². The number of halogens is 1. The first-order chi connectivity index (χ1) is 15.5. The van der Waals surface area contributed by atoms with Gasteiger partial charge < -0.3 is 14.3 Å². The van der Waals surface area contributed by atoms with Crippen molar-refractivity contribution < 1.29 is 27.5 Å². The maximum absolute atomic E-state index is 13.6. The van der Waals surface area contributed by atoms with Gasteiger partial charge in [-0.1, -0.05) is 25.4 Å². The van der Waals surface area contributed by atoms with Gasteiger partial charge in [0.25, 0.3) is 0 Å². The van der Waals surface area contributed by atoms with Crippen molar-refractivity contribution in [3.05, 3.63) is 65.0 Å². The molecule has 0 spiro atoms. The number of hydrogen-bond acceptors (Lipinski definition) is 6. The number of sulfonamides is 1. The van der Waals surface area contributed by atoms with Crippen LogP contribution in [0, 0.1) is 12.8 Å². The van der Waals surface area contributed by atoms with E-state index in [4.69, 9.17) is 20.8 Å². The Morgan fingerprint density at radius 2 is 1.76 bits per heavy atom. The van der Waals surface area contributed by atoms with E-state index in [0.717, 1.165) is 4.31 Å². The molecule has 0 saturated carbocycles. The average Bonchev–Trinajstić information content (AvgIpc) is 3.13. The fourth-order valence-corrected chi connectivity index (χ4v) is 5.20. The standard InChI is InChI=1S/C23H25ClN2O6S/c1-14(2)21(23(27)28)26(33(29,30)19-11-9-18(31-4)10-12-19)13-20-15(3)32-22(25-20)16-5-7-17(24)8-6-16/h5-12,14,21H,13H2,1-4H3,(H,27,28)/t21-/m1/s1. The maximum Gasteiger partial charge on any atom is 0.322 e. The second-order valence-electron chi connectivity index (χ2n) is 7.78. The molecule has 0 amide bonds. The Balaban J connectivity index is 2.05. The van der Waals surface area contributed by atoms with E-state index >= 15 is 0 Å². The van der Waals surface area contributed by atoms with E-state index in [2.05, 4.69) is 4.98 Å². The summed E-state index contributed by atoms with van der Waals surface area (Å²) < 4.78 is 38.9. The summed E-state index contributed by atoms with van der Waals surface area (Å²) in [6.07, 6.45) is 0. The number of carbonyl (C=O) groups is 1. The van der Waals surface area contributed by atoms with Crippen molar-refractivity contribution in [3.63, 3.8) is 0 Å². The Hall–Kier alpha value is -2.88. The van der Waals surface area contributed by atoms with Crippen molar-refractivity contribution in [3.8, 4) is 17.2 Å². The van der Waals surface area contributed by atoms with Gasteiger partial charge >= 0.3 is 5.97 Å². The Kier molecular flexibility index (Phi) is 7.46. The molecule has 3 aromatic rings. The van der Waals surface area contributed by atoms with Gasteiger partial charge in [-0.25, -0.2) is 13.4 Å². The number of aryl methyl sites for hydroxylation is 1. The van der Waals surface area contributed by atoms with Crippen LogP contribution in [0.3, 0.4) is 0 Å². The van der Waals surface area contributed by atoms with Crippen molar-refractivity contribution in [2.75, 3.05) is 7.11 Å². The van der Waals surface area contributed by atoms with Crippen LogP contribution >= 0.6 is 11.6 Å². The summed E-state index contributed by atoms with van der Waals surface area (Å²) in [7, 11) is -2.72. The molecule has 0 aliphatic carbocycles. The van der Waals surface area contributed by atoms with Gasteiger partial charge in [0.05, 0.1) is 24.2 Å². The SMILES string of the molecule is COc1ccc(S(=O)(=O)N(Cc2nc(-c3ccc(Cl)cc3)oc2C)[C@@H](C(=O)O)C(C)C)cc1. The monoisotopic (exact) mass is 492 g/mol. The van der Waals surface area contributed by atoms with Crippen LogP contribution in [0.15, 0.2) is 57.8 Å². The number of benzene rings is 2. The molecule has 2 aromatic carbocycles. The number of methoxy groups -OCH3 is 1. The van der Waals surface area contributed by atoms with Crippen molar-refractivity contribution in [2.24, 2.45) is 5.92 Å². The molecular formula is C23H25ClN2O6S. The number of carboxylic acid groups (broad SMARTS) is 1. The summed E-state index contributed by atoms with van der Waals surface area (Å²) in [4.78, 5) is 16.5. The van der Waals surface area contributed by atoms with E-state index in [1.165, 1.54) is 31.4 Å². The largest absolute Gasteiger partial charge is 0.497 e. The van der Waals surface area contributed by atoms with Gasteiger partial charge in [0, 0.05) is 10.6 Å². The molecule has 1 N–H and O–H groups in total. The summed E-state index contributed by atoms with van der Waals surface area (Å²) >= 11 is 5.94. The van der Waals surface area contributed by atoms with Gasteiger partial charge in [0.15, 0.2) is 0 Å². The number of nitrogens with zero attached hydrogens (tertiary/aromatic N) is 2. The van der Waals surface area contributed by atoms with Crippen LogP contribution in [0.1, 0.15) is 25.3 Å². The van der Waals surface area contributed by atoms with Crippen LogP contribution in [0.4, 0.5) is 0 Å². The van der Waals surface area contributed by atoms with Crippen molar-refractivity contribution in [1.82, 2.24) is 9.29 Å². The normalized spacial score (nSPS) is 12.8. The maximum atomic E-state index is 13.6. The Bertz CT molecular complexity index is 1220. The molecule has 8 nitrogen and oxygen atoms in total. The minimum atomic E-state index is -4.19. The van der Waals surface area contributed by atoms with E-state index in [-0.39, 0.29) is 17.3 Å². The number of aromatic nitrogens is 1. The highest BCUT2D eigenvalue weighted by Gasteiger charge is 2.39. The molecule has 1 aromatic heterocycles. The molecule has 33 heavy (non-hydrogen) atoms. The Labute approximate surface area is 197 Å². The van der Waals surface area contributed by atoms with E-state index < -0.39 is 28.0 Å². The summed E-state index contributed by atoms with van der Waals surface area (Å²) in [5.41, 5.74) is 0.987. The van der Waals surface area contributed by atoms with Crippen LogP contribution in [-0.2, 0) is 21.4 Å². The van der Waals surface area contributed by atoms with Crippen LogP contribution in [0.5, 0.6) is 5.75 Å². The van der Waals surface area contributed by atoms with Gasteiger partial charge in [0.1, 0.15) is 17.6 Å². The summed E-state index contributed by atoms with van der Waals surface area (Å²) in [6, 6.07) is 11.3. The van der Waals surface area contributed by atoms with Gasteiger partial charge in [-0.3, -0.25) is 4.79 Å². The molecule has 1 atom stereocenters. The van der Waals surface area contributed by atoms with Gasteiger partial charge in [-0.05, 0) is 61.4 Å². The summed E-state index contributed by atoms with van der Waals surface area (Å²) in [5.74, 6) is -0.584. The topological polar surface area (TPSA) is 110 Å². The fourth-order valence-electron chi connectivity index (χ4n) is 3.40. The first-order valence-electron chi connectivity index (χ1n) is 10.2. The lowest BCUT2D eigenvalue weighted by Gasteiger charge is -2.30. The third kappa shape index (κ3) is 5.38. The van der Waals surface area contributed by atoms with E-state index in [9.17, 15) is 18.3 Å². The van der Waals surface area contributed by atoms with Gasteiger partial charge in [-0.2, -0.15) is 4.31 Å². The lowest BCUT2D eigenvalue weighted by Crippen LogP contribution is -2.47. The molecule has 0 unspecified atom stereocenters. The predicted octanol–water partition coefficient (Wildman–Crippen LogP) is 4.61. The molecule has 0 aliphatic heterocycles. The number of rotatable bonds is 9. The zero-order chi connectivity index (χ0) is 24.3. The number of ether oxygens (including phenoxy) is 1. The molecule has 0 saturated heterocycles. The molecular weight excluding hydrogens is 468 g/mol. The van der Waals surface area contributed by atoms with Crippen LogP contribution in [-0.4, -0.2) is 41.9 Å². The first kappa shape index (κ1) is 24.8. The summed E-state index contributed by atoms with van der Waals surface area (Å²) in [5, 5.41) is 10.4. The Morgan fingerprint density at radius 1 is 1.15 bits per heavy atom. The predicted molar refractivity (Wildman–Crippen MR) is 124 cm³/mol. The zero-order valence-electron chi connectivity index (χ0n) is 18.6. The van der Waals surface area contributed by atoms with Gasteiger partial charge in [-0.15, -0.1) is 0 Å². The molecule has 10 heteroatoms. The minimum Gasteiger partial charge on any atom is -0.497 e. The molecule has 176 valence electrons. The quantitative estimate of drug-likeness (QED) is 0.464. The van der Waals surface area contributed by atoms with Crippen LogP contribution in [0.2, 0.25) is 5.02 Å². The zero-order valence-corrected chi connectivity index (χ0v) is 20.2. The minimum absolute atomic E-state index is 0.0470. The molecule has 1 heterocycles.